The van der Waals surface area contributed by atoms with E-state index >= 15 is 0 Å². The number of methoxy groups -OCH3 is 1. The number of hydrogen-bond donors (Lipinski definition) is 2. The first kappa shape index (κ1) is 19.4. The monoisotopic (exact) mass is 545 g/mol. The molecule has 27 heavy (non-hydrogen) atoms. The standard InChI is InChI=1S/C17H13BrIN3O5/c1-26-10-4-2-9(3-5-10)20-14(23)8-22-16(24)13(21-17(22)25)7-11-6-12(18)15(19)27-11/h2-7H,8H2,1H3,(H,20,23)(H,21,25)/b13-7-. The molecule has 0 aliphatic carbocycles. The topological polar surface area (TPSA) is 101 Å². The number of carbonyl (C=O) groups is 3. The van der Waals surface area contributed by atoms with Gasteiger partial charge < -0.3 is 19.8 Å². The Morgan fingerprint density at radius 3 is 2.67 bits per heavy atom. The lowest BCUT2D eigenvalue weighted by molar-refractivity contribution is -0.127. The molecule has 2 N–H and O–H groups in total. The van der Waals surface area contributed by atoms with Gasteiger partial charge in [0, 0.05) is 34.4 Å². The summed E-state index contributed by atoms with van der Waals surface area (Å²) in [6, 6.07) is 7.69. The fraction of sp³-hybridized carbons (Fsp3) is 0.118. The largest absolute Gasteiger partial charge is 0.497 e. The van der Waals surface area contributed by atoms with Crippen LogP contribution < -0.4 is 15.4 Å². The van der Waals surface area contributed by atoms with E-state index in [4.69, 9.17) is 9.15 Å². The molecular formula is C17H13BrIN3O5. The zero-order chi connectivity index (χ0) is 19.6. The number of anilines is 1. The highest BCUT2D eigenvalue weighted by molar-refractivity contribution is 14.1. The van der Waals surface area contributed by atoms with Gasteiger partial charge in [-0.25, -0.2) is 9.69 Å². The Bertz CT molecular complexity index is 919. The molecule has 1 aromatic carbocycles. The second-order valence-electron chi connectivity index (χ2n) is 5.43. The van der Waals surface area contributed by atoms with Gasteiger partial charge in [0.25, 0.3) is 5.91 Å². The highest BCUT2D eigenvalue weighted by atomic mass is 127. The number of hydrogen-bond acceptors (Lipinski definition) is 5. The summed E-state index contributed by atoms with van der Waals surface area (Å²) in [7, 11) is 1.54. The molecule has 1 fully saturated rings. The van der Waals surface area contributed by atoms with Crippen molar-refractivity contribution in [3.05, 3.63) is 50.0 Å². The Labute approximate surface area is 176 Å². The average Bonchev–Trinajstić information content (AvgIpc) is 3.08. The smallest absolute Gasteiger partial charge is 0.329 e. The van der Waals surface area contributed by atoms with Gasteiger partial charge in [-0.2, -0.15) is 0 Å². The molecule has 0 atom stereocenters. The number of benzene rings is 1. The summed E-state index contributed by atoms with van der Waals surface area (Å²) >= 11 is 5.29. The van der Waals surface area contributed by atoms with Crippen LogP contribution in [0.2, 0.25) is 0 Å². The second-order valence-corrected chi connectivity index (χ2v) is 7.26. The second kappa shape index (κ2) is 8.13. The summed E-state index contributed by atoms with van der Waals surface area (Å²) in [6.07, 6.45) is 1.41. The minimum Gasteiger partial charge on any atom is -0.497 e. The molecular weight excluding hydrogens is 533 g/mol. The fourth-order valence-electron chi connectivity index (χ4n) is 2.31. The van der Waals surface area contributed by atoms with Gasteiger partial charge in [0.1, 0.15) is 23.8 Å². The Balaban J connectivity index is 1.66. The number of halogens is 2. The van der Waals surface area contributed by atoms with Gasteiger partial charge in [-0.05, 0) is 46.3 Å². The molecule has 10 heteroatoms. The van der Waals surface area contributed by atoms with Crippen molar-refractivity contribution in [1.82, 2.24) is 10.2 Å². The van der Waals surface area contributed by atoms with Crippen molar-refractivity contribution in [2.45, 2.75) is 0 Å². The highest BCUT2D eigenvalue weighted by Gasteiger charge is 2.35. The van der Waals surface area contributed by atoms with Crippen LogP contribution in [0.4, 0.5) is 10.5 Å². The number of amides is 4. The number of nitrogens with one attached hydrogen (secondary N) is 2. The van der Waals surface area contributed by atoms with Crippen LogP contribution in [0.5, 0.6) is 5.75 Å². The van der Waals surface area contributed by atoms with E-state index in [1.807, 2.05) is 22.6 Å². The average molecular weight is 546 g/mol. The summed E-state index contributed by atoms with van der Waals surface area (Å²) in [6.45, 7) is -0.409. The van der Waals surface area contributed by atoms with Crippen molar-refractivity contribution in [3.63, 3.8) is 0 Å². The minimum atomic E-state index is -0.670. The quantitative estimate of drug-likeness (QED) is 0.341. The van der Waals surface area contributed by atoms with Crippen molar-refractivity contribution in [2.24, 2.45) is 0 Å². The van der Waals surface area contributed by atoms with E-state index in [1.54, 1.807) is 37.4 Å². The summed E-state index contributed by atoms with van der Waals surface area (Å²) < 4.78 is 11.8. The molecule has 8 nitrogen and oxygen atoms in total. The number of ether oxygens (including phenoxy) is 1. The van der Waals surface area contributed by atoms with E-state index in [2.05, 4.69) is 26.6 Å². The lowest BCUT2D eigenvalue weighted by Gasteiger charge is -2.12. The van der Waals surface area contributed by atoms with Gasteiger partial charge in [-0.1, -0.05) is 0 Å². The van der Waals surface area contributed by atoms with Crippen LogP contribution in [0.3, 0.4) is 0 Å². The molecule has 3 rings (SSSR count). The van der Waals surface area contributed by atoms with Crippen LogP contribution >= 0.6 is 38.5 Å². The van der Waals surface area contributed by atoms with E-state index in [0.717, 1.165) is 9.37 Å². The highest BCUT2D eigenvalue weighted by Crippen LogP contribution is 2.25. The predicted molar refractivity (Wildman–Crippen MR) is 109 cm³/mol. The first-order valence-corrected chi connectivity index (χ1v) is 9.48. The van der Waals surface area contributed by atoms with Crippen LogP contribution in [0, 0.1) is 3.77 Å². The zero-order valence-electron chi connectivity index (χ0n) is 13.9. The third-order valence-corrected chi connectivity index (χ3v) is 5.72. The number of carbonyl (C=O) groups excluding carboxylic acids is 3. The van der Waals surface area contributed by atoms with E-state index in [-0.39, 0.29) is 5.70 Å². The van der Waals surface area contributed by atoms with E-state index in [1.165, 1.54) is 6.08 Å². The molecule has 2 heterocycles. The van der Waals surface area contributed by atoms with Gasteiger partial charge in [0.05, 0.1) is 11.6 Å². The SMILES string of the molecule is COc1ccc(NC(=O)CN2C(=O)N/C(=C\c3cc(Br)c(I)o3)C2=O)cc1. The van der Waals surface area contributed by atoms with Gasteiger partial charge in [0.15, 0.2) is 3.77 Å². The van der Waals surface area contributed by atoms with Crippen LogP contribution in [0.25, 0.3) is 6.08 Å². The van der Waals surface area contributed by atoms with Gasteiger partial charge >= 0.3 is 6.03 Å². The normalized spacial score (nSPS) is 15.2. The Kier molecular flexibility index (Phi) is 5.85. The van der Waals surface area contributed by atoms with Crippen molar-refractivity contribution in [3.8, 4) is 5.75 Å². The first-order valence-electron chi connectivity index (χ1n) is 7.60. The summed E-state index contributed by atoms with van der Waals surface area (Å²) in [4.78, 5) is 37.4. The van der Waals surface area contributed by atoms with Crippen LogP contribution in [0.1, 0.15) is 5.76 Å². The van der Waals surface area contributed by atoms with Crippen molar-refractivity contribution in [1.29, 1.82) is 0 Å². The Morgan fingerprint density at radius 1 is 1.37 bits per heavy atom. The van der Waals surface area contributed by atoms with E-state index < -0.39 is 24.4 Å². The molecule has 4 amide bonds. The molecule has 1 aromatic heterocycles. The predicted octanol–water partition coefficient (Wildman–Crippen LogP) is 3.19. The molecule has 2 aromatic rings. The molecule has 1 saturated heterocycles. The zero-order valence-corrected chi connectivity index (χ0v) is 17.7. The van der Waals surface area contributed by atoms with Crippen LogP contribution in [-0.4, -0.2) is 36.4 Å². The summed E-state index contributed by atoms with van der Waals surface area (Å²) in [5.74, 6) is -0.0526. The van der Waals surface area contributed by atoms with E-state index in [0.29, 0.717) is 21.0 Å². The number of furan rings is 1. The first-order chi connectivity index (χ1) is 12.9. The van der Waals surface area contributed by atoms with Crippen molar-refractivity contribution >= 4 is 68.1 Å². The Morgan fingerprint density at radius 2 is 2.07 bits per heavy atom. The lowest BCUT2D eigenvalue weighted by atomic mass is 10.3. The lowest BCUT2D eigenvalue weighted by Crippen LogP contribution is -2.38. The van der Waals surface area contributed by atoms with Gasteiger partial charge in [0.2, 0.25) is 5.91 Å². The van der Waals surface area contributed by atoms with Gasteiger partial charge in [-0.15, -0.1) is 0 Å². The summed E-state index contributed by atoms with van der Waals surface area (Å²) in [5.41, 5.74) is 0.563. The number of urea groups is 1. The van der Waals surface area contributed by atoms with Crippen molar-refractivity contribution < 1.29 is 23.5 Å². The third kappa shape index (κ3) is 4.50. The maximum atomic E-state index is 12.4. The number of rotatable bonds is 5. The fourth-order valence-corrected chi connectivity index (χ4v) is 3.03. The van der Waals surface area contributed by atoms with Crippen molar-refractivity contribution in [2.75, 3.05) is 19.0 Å². The Hall–Kier alpha value is -2.34. The maximum Gasteiger partial charge on any atom is 0.329 e. The summed E-state index contributed by atoms with van der Waals surface area (Å²) in [5, 5.41) is 5.06. The van der Waals surface area contributed by atoms with Crippen LogP contribution in [0.15, 0.2) is 44.9 Å². The maximum absolute atomic E-state index is 12.4. The molecule has 0 unspecified atom stereocenters. The number of nitrogens with zero attached hydrogens (tertiary/aromatic N) is 1. The molecule has 0 radical (unpaired) electrons. The molecule has 0 spiro atoms. The van der Waals surface area contributed by atoms with Crippen LogP contribution in [-0.2, 0) is 9.59 Å². The minimum absolute atomic E-state index is 0.0369. The van der Waals surface area contributed by atoms with Gasteiger partial charge in [-0.3, -0.25) is 9.59 Å². The molecule has 0 saturated carbocycles. The molecule has 140 valence electrons. The molecule has 0 bridgehead atoms. The van der Waals surface area contributed by atoms with E-state index in [9.17, 15) is 14.4 Å². The number of imide groups is 1. The molecule has 1 aliphatic rings. The third-order valence-electron chi connectivity index (χ3n) is 3.59. The molecule has 1 aliphatic heterocycles.